The zero-order chi connectivity index (χ0) is 32.3. The van der Waals surface area contributed by atoms with Gasteiger partial charge in [-0.3, -0.25) is 0 Å². The van der Waals surface area contributed by atoms with Gasteiger partial charge in [-0.05, 0) is 69.1 Å². The summed E-state index contributed by atoms with van der Waals surface area (Å²) < 4.78 is 22.5. The quantitative estimate of drug-likeness (QED) is 0.344. The van der Waals surface area contributed by atoms with Gasteiger partial charge in [0.1, 0.15) is 0 Å². The predicted molar refractivity (Wildman–Crippen MR) is 183 cm³/mol. The smallest absolute Gasteiger partial charge is 0.213 e. The summed E-state index contributed by atoms with van der Waals surface area (Å²) in [6.45, 7) is 27.1. The molecule has 0 N–H and O–H groups in total. The summed E-state index contributed by atoms with van der Waals surface area (Å²) in [5.74, 6) is 0.181. The van der Waals surface area contributed by atoms with E-state index in [4.69, 9.17) is 0 Å². The molecule has 5 heteroatoms. The third-order valence-corrected chi connectivity index (χ3v) is 9.11. The van der Waals surface area contributed by atoms with E-state index in [-0.39, 0.29) is 16.7 Å². The molecule has 232 valence electrons. The summed E-state index contributed by atoms with van der Waals surface area (Å²) in [5.41, 5.74) is 7.28. The Kier molecular flexibility index (Phi) is 22.2. The summed E-state index contributed by atoms with van der Waals surface area (Å²) in [5, 5.41) is 0. The standard InChI is InChI=1S/C23H29N.C4H11NO2S.4C2H6/c1-22(2,23(3,4)24(5)6)21-19-15-11-10-14-18(19)16-20(21)17-12-8-7-9-13-17;1-4-8(6,7)5(2)3;4*1-2/h7-15H,16H2,1-6H3;4H2,1-3H3;4*1-2H3. The summed E-state index contributed by atoms with van der Waals surface area (Å²) in [4.78, 5) is 2.35. The van der Waals surface area contributed by atoms with Crippen molar-refractivity contribution in [1.82, 2.24) is 9.21 Å². The van der Waals surface area contributed by atoms with Crippen molar-refractivity contribution in [2.24, 2.45) is 5.41 Å². The number of hydrogen-bond acceptors (Lipinski definition) is 3. The molecule has 0 aromatic heterocycles. The average molecular weight is 577 g/mol. The highest BCUT2D eigenvalue weighted by atomic mass is 32.2. The number of benzene rings is 2. The fraction of sp³-hybridized carbons (Fsp3) is 0.600. The van der Waals surface area contributed by atoms with Crippen molar-refractivity contribution in [1.29, 1.82) is 0 Å². The van der Waals surface area contributed by atoms with Crippen molar-refractivity contribution in [3.63, 3.8) is 0 Å². The van der Waals surface area contributed by atoms with E-state index in [2.05, 4.69) is 101 Å². The second-order valence-electron chi connectivity index (χ2n) is 9.81. The first-order chi connectivity index (χ1) is 18.8. The molecular weight excluding hydrogens is 512 g/mol. The van der Waals surface area contributed by atoms with E-state index in [0.29, 0.717) is 0 Å². The van der Waals surface area contributed by atoms with Gasteiger partial charge in [0, 0.05) is 25.0 Å². The van der Waals surface area contributed by atoms with Crippen LogP contribution in [0.4, 0.5) is 0 Å². The van der Waals surface area contributed by atoms with Crippen molar-refractivity contribution >= 4 is 21.2 Å². The largest absolute Gasteiger partial charge is 0.303 e. The highest BCUT2D eigenvalue weighted by Crippen LogP contribution is 2.53. The van der Waals surface area contributed by atoms with Crippen LogP contribution in [-0.4, -0.2) is 57.1 Å². The second kappa shape index (κ2) is 20.9. The molecule has 4 nitrogen and oxygen atoms in total. The molecule has 0 aliphatic heterocycles. The Morgan fingerprint density at radius 2 is 1.12 bits per heavy atom. The zero-order valence-electron chi connectivity index (χ0n) is 29.2. The van der Waals surface area contributed by atoms with Crippen LogP contribution in [0.25, 0.3) is 11.1 Å². The normalized spacial score (nSPS) is 12.2. The molecule has 0 fully saturated rings. The van der Waals surface area contributed by atoms with Gasteiger partial charge in [-0.25, -0.2) is 12.7 Å². The summed E-state index contributed by atoms with van der Waals surface area (Å²) in [6, 6.07) is 19.8. The van der Waals surface area contributed by atoms with E-state index in [1.165, 1.54) is 46.2 Å². The van der Waals surface area contributed by atoms with Crippen LogP contribution in [0.1, 0.15) is 107 Å². The van der Waals surface area contributed by atoms with E-state index in [1.54, 1.807) is 6.92 Å². The Bertz CT molecular complexity index is 1050. The Morgan fingerprint density at radius 3 is 1.50 bits per heavy atom. The van der Waals surface area contributed by atoms with Crippen molar-refractivity contribution in [2.45, 2.75) is 102 Å². The molecule has 0 atom stereocenters. The van der Waals surface area contributed by atoms with Gasteiger partial charge in [0.25, 0.3) is 0 Å². The number of hydrogen-bond donors (Lipinski definition) is 0. The highest BCUT2D eigenvalue weighted by molar-refractivity contribution is 7.89. The lowest BCUT2D eigenvalue weighted by molar-refractivity contribution is 0.0937. The predicted octanol–water partition coefficient (Wildman–Crippen LogP) is 9.52. The summed E-state index contributed by atoms with van der Waals surface area (Å²) in [7, 11) is 4.52. The molecule has 40 heavy (non-hydrogen) atoms. The Balaban J connectivity index is -0.000000721. The highest BCUT2D eigenvalue weighted by Gasteiger charge is 2.45. The maximum atomic E-state index is 10.6. The van der Waals surface area contributed by atoms with Gasteiger partial charge in [0.15, 0.2) is 0 Å². The Hall–Kier alpha value is -1.95. The van der Waals surface area contributed by atoms with Crippen molar-refractivity contribution < 1.29 is 8.42 Å². The third kappa shape index (κ3) is 11.1. The molecule has 3 rings (SSSR count). The van der Waals surface area contributed by atoms with Gasteiger partial charge in [-0.1, -0.05) is 124 Å². The monoisotopic (exact) mass is 576 g/mol. The van der Waals surface area contributed by atoms with Crippen molar-refractivity contribution in [3.8, 4) is 0 Å². The number of nitrogens with zero attached hydrogens (tertiary/aromatic N) is 2. The lowest BCUT2D eigenvalue weighted by atomic mass is 9.66. The van der Waals surface area contributed by atoms with Crippen LogP contribution in [0.5, 0.6) is 0 Å². The van der Waals surface area contributed by atoms with E-state index in [0.717, 1.165) is 6.42 Å². The molecule has 0 heterocycles. The fourth-order valence-electron chi connectivity index (χ4n) is 4.08. The van der Waals surface area contributed by atoms with E-state index in [1.807, 2.05) is 55.4 Å². The summed E-state index contributed by atoms with van der Waals surface area (Å²) in [6.07, 6.45) is 1.03. The Morgan fingerprint density at radius 1 is 0.700 bits per heavy atom. The van der Waals surface area contributed by atoms with Crippen molar-refractivity contribution in [3.05, 3.63) is 71.3 Å². The molecule has 2 aromatic carbocycles. The lowest BCUT2D eigenvalue weighted by Crippen LogP contribution is -2.51. The maximum absolute atomic E-state index is 10.6. The molecule has 2 aromatic rings. The first-order valence-corrected chi connectivity index (χ1v) is 16.8. The SMILES string of the molecule is CC.CC.CC.CC.CCS(=O)(=O)N(C)C.CN(C)C(C)(C)C(C)(C)C1=C(c2ccccc2)Cc2ccccc21. The molecule has 0 saturated carbocycles. The molecule has 1 aliphatic carbocycles. The molecule has 0 spiro atoms. The minimum atomic E-state index is -2.90. The van der Waals surface area contributed by atoms with Crippen LogP contribution in [0.15, 0.2) is 54.6 Å². The first kappa shape index (κ1) is 42.5. The molecular formula is C35H64N2O2S. The van der Waals surface area contributed by atoms with E-state index < -0.39 is 10.0 Å². The topological polar surface area (TPSA) is 40.6 Å². The maximum Gasteiger partial charge on any atom is 0.213 e. The number of allylic oxidation sites excluding steroid dienone is 1. The van der Waals surface area contributed by atoms with Crippen LogP contribution in [-0.2, 0) is 16.4 Å². The number of rotatable bonds is 6. The van der Waals surface area contributed by atoms with Gasteiger partial charge in [0.2, 0.25) is 10.0 Å². The molecule has 0 saturated heterocycles. The number of fused-ring (bicyclic) bond motifs is 1. The molecule has 0 amide bonds. The van der Waals surface area contributed by atoms with Crippen LogP contribution in [0.3, 0.4) is 0 Å². The second-order valence-corrected chi connectivity index (χ2v) is 12.3. The van der Waals surface area contributed by atoms with E-state index >= 15 is 0 Å². The first-order valence-electron chi connectivity index (χ1n) is 15.2. The minimum Gasteiger partial charge on any atom is -0.303 e. The third-order valence-electron chi connectivity index (χ3n) is 7.27. The summed E-state index contributed by atoms with van der Waals surface area (Å²) >= 11 is 0. The van der Waals surface area contributed by atoms with Crippen LogP contribution >= 0.6 is 0 Å². The zero-order valence-corrected chi connectivity index (χ0v) is 30.0. The molecule has 0 bridgehead atoms. The van der Waals surface area contributed by atoms with Gasteiger partial charge in [-0.15, -0.1) is 0 Å². The minimum absolute atomic E-state index is 0.0221. The van der Waals surface area contributed by atoms with Gasteiger partial charge in [0.05, 0.1) is 5.75 Å². The van der Waals surface area contributed by atoms with Gasteiger partial charge in [-0.2, -0.15) is 0 Å². The molecule has 0 radical (unpaired) electrons. The average Bonchev–Trinajstić information content (AvgIpc) is 3.38. The molecule has 0 unspecified atom stereocenters. The van der Waals surface area contributed by atoms with Crippen LogP contribution < -0.4 is 0 Å². The fourth-order valence-corrected chi connectivity index (χ4v) is 4.60. The van der Waals surface area contributed by atoms with Crippen molar-refractivity contribution in [2.75, 3.05) is 33.9 Å². The number of sulfonamides is 1. The van der Waals surface area contributed by atoms with E-state index in [9.17, 15) is 8.42 Å². The van der Waals surface area contributed by atoms with Gasteiger partial charge < -0.3 is 4.90 Å². The Labute approximate surface area is 250 Å². The van der Waals surface area contributed by atoms with Crippen LogP contribution in [0.2, 0.25) is 0 Å². The van der Waals surface area contributed by atoms with Crippen LogP contribution in [0, 0.1) is 5.41 Å². The van der Waals surface area contributed by atoms with Gasteiger partial charge >= 0.3 is 0 Å². The lowest BCUT2D eigenvalue weighted by Gasteiger charge is -2.48. The molecule has 1 aliphatic rings.